The van der Waals surface area contributed by atoms with Crippen molar-refractivity contribution in [3.05, 3.63) is 72.2 Å². The van der Waals surface area contributed by atoms with E-state index in [0.29, 0.717) is 41.0 Å². The lowest BCUT2D eigenvalue weighted by Crippen LogP contribution is -2.16. The maximum atomic E-state index is 14.4. The highest BCUT2D eigenvalue weighted by molar-refractivity contribution is 6.32. The van der Waals surface area contributed by atoms with E-state index >= 15 is 0 Å². The molecule has 170 valence electrons. The number of carbonyl (C=O) groups is 1. The van der Waals surface area contributed by atoms with Crippen LogP contribution in [0.4, 0.5) is 33.2 Å². The number of halogens is 2. The molecule has 1 aromatic heterocycles. The molecule has 2 aromatic carbocycles. The van der Waals surface area contributed by atoms with E-state index in [2.05, 4.69) is 32.5 Å². The van der Waals surface area contributed by atoms with Crippen molar-refractivity contribution in [3.63, 3.8) is 0 Å². The third-order valence-corrected chi connectivity index (χ3v) is 5.00. The Hall–Kier alpha value is -3.69. The Morgan fingerprint density at radius 3 is 2.82 bits per heavy atom. The zero-order valence-electron chi connectivity index (χ0n) is 17.5. The van der Waals surface area contributed by atoms with Gasteiger partial charge in [0.1, 0.15) is 11.9 Å². The zero-order chi connectivity index (χ0) is 23.2. The van der Waals surface area contributed by atoms with Crippen LogP contribution < -0.4 is 20.7 Å². The van der Waals surface area contributed by atoms with Gasteiger partial charge in [0.15, 0.2) is 11.6 Å². The number of ether oxygens (including phenoxy) is 2. The van der Waals surface area contributed by atoms with Gasteiger partial charge in [0.2, 0.25) is 11.9 Å². The van der Waals surface area contributed by atoms with Crippen molar-refractivity contribution in [1.29, 1.82) is 0 Å². The van der Waals surface area contributed by atoms with E-state index in [0.717, 1.165) is 18.7 Å². The van der Waals surface area contributed by atoms with Crippen LogP contribution in [0.5, 0.6) is 5.75 Å². The summed E-state index contributed by atoms with van der Waals surface area (Å²) in [6, 6.07) is 11.9. The van der Waals surface area contributed by atoms with Crippen molar-refractivity contribution in [2.24, 2.45) is 0 Å². The van der Waals surface area contributed by atoms with Crippen molar-refractivity contribution in [1.82, 2.24) is 9.97 Å². The monoisotopic (exact) mass is 469 g/mol. The van der Waals surface area contributed by atoms with Crippen LogP contribution in [-0.4, -0.2) is 35.2 Å². The van der Waals surface area contributed by atoms with Gasteiger partial charge in [-0.2, -0.15) is 4.98 Å². The summed E-state index contributed by atoms with van der Waals surface area (Å²) in [5.41, 5.74) is 1.68. The van der Waals surface area contributed by atoms with E-state index in [-0.39, 0.29) is 23.8 Å². The number of hydrogen-bond acceptors (Lipinski definition) is 7. The second-order valence-electron chi connectivity index (χ2n) is 7.16. The normalized spacial score (nSPS) is 15.0. The average Bonchev–Trinajstić information content (AvgIpc) is 3.32. The van der Waals surface area contributed by atoms with Crippen molar-refractivity contribution < 1.29 is 18.7 Å². The third kappa shape index (κ3) is 5.97. The molecule has 1 amide bonds. The lowest BCUT2D eigenvalue weighted by Gasteiger charge is -2.15. The molecule has 1 unspecified atom stereocenters. The van der Waals surface area contributed by atoms with Crippen LogP contribution in [0.3, 0.4) is 0 Å². The molecule has 0 aliphatic carbocycles. The van der Waals surface area contributed by atoms with Gasteiger partial charge >= 0.3 is 0 Å². The summed E-state index contributed by atoms with van der Waals surface area (Å²) >= 11 is 6.25. The first-order valence-electron chi connectivity index (χ1n) is 10.1. The highest BCUT2D eigenvalue weighted by Gasteiger charge is 2.19. The van der Waals surface area contributed by atoms with E-state index in [1.807, 2.05) is 0 Å². The van der Waals surface area contributed by atoms with E-state index < -0.39 is 5.82 Å². The molecule has 0 saturated carbocycles. The van der Waals surface area contributed by atoms with E-state index in [1.165, 1.54) is 0 Å². The second kappa shape index (κ2) is 10.3. The van der Waals surface area contributed by atoms with Crippen molar-refractivity contribution in [2.75, 3.05) is 29.2 Å². The van der Waals surface area contributed by atoms with E-state index in [1.54, 1.807) is 42.5 Å². The van der Waals surface area contributed by atoms with Gasteiger partial charge in [-0.3, -0.25) is 4.79 Å². The van der Waals surface area contributed by atoms with Gasteiger partial charge in [-0.05, 0) is 36.4 Å². The van der Waals surface area contributed by atoms with Gasteiger partial charge < -0.3 is 25.4 Å². The van der Waals surface area contributed by atoms with Gasteiger partial charge in [0, 0.05) is 29.5 Å². The molecule has 1 saturated heterocycles. The van der Waals surface area contributed by atoms with E-state index in [4.69, 9.17) is 21.1 Å². The molecular formula is C23H21ClFN5O3. The Labute approximate surface area is 194 Å². The van der Waals surface area contributed by atoms with Crippen molar-refractivity contribution in [3.8, 4) is 5.75 Å². The molecule has 0 radical (unpaired) electrons. The Morgan fingerprint density at radius 1 is 1.21 bits per heavy atom. The first-order valence-corrected chi connectivity index (χ1v) is 10.5. The number of nitrogens with zero attached hydrogens (tertiary/aromatic N) is 2. The van der Waals surface area contributed by atoms with Crippen LogP contribution in [0, 0.1) is 5.82 Å². The highest BCUT2D eigenvalue weighted by Crippen LogP contribution is 2.31. The first kappa shape index (κ1) is 22.5. The fourth-order valence-corrected chi connectivity index (χ4v) is 3.27. The Morgan fingerprint density at radius 2 is 2.03 bits per heavy atom. The van der Waals surface area contributed by atoms with Gasteiger partial charge in [0.05, 0.1) is 24.4 Å². The summed E-state index contributed by atoms with van der Waals surface area (Å²) in [4.78, 5) is 19.7. The summed E-state index contributed by atoms with van der Waals surface area (Å²) in [5.74, 6) is -0.335. The van der Waals surface area contributed by atoms with Crippen LogP contribution in [-0.2, 0) is 9.53 Å². The number of nitrogens with one attached hydrogen (secondary N) is 3. The summed E-state index contributed by atoms with van der Waals surface area (Å²) in [7, 11) is 0. The summed E-state index contributed by atoms with van der Waals surface area (Å²) in [6.45, 7) is 4.59. The second-order valence-corrected chi connectivity index (χ2v) is 7.57. The molecule has 10 heteroatoms. The van der Waals surface area contributed by atoms with Crippen LogP contribution in [0.25, 0.3) is 0 Å². The number of rotatable bonds is 8. The SMILES string of the molecule is C=CC(=O)Nc1cccc(Nc2nc(Nc3ccc(Cl)c(OC4CCOC4)c3)ncc2F)c1. The van der Waals surface area contributed by atoms with Crippen molar-refractivity contribution >= 4 is 46.3 Å². The molecule has 2 heterocycles. The molecule has 1 aliphatic rings. The van der Waals surface area contributed by atoms with E-state index in [9.17, 15) is 9.18 Å². The lowest BCUT2D eigenvalue weighted by atomic mass is 10.2. The maximum Gasteiger partial charge on any atom is 0.247 e. The Balaban J connectivity index is 1.49. The van der Waals surface area contributed by atoms with Crippen LogP contribution in [0.15, 0.2) is 61.3 Å². The average molecular weight is 470 g/mol. The molecule has 1 aliphatic heterocycles. The number of aromatic nitrogens is 2. The van der Waals surface area contributed by atoms with Gasteiger partial charge in [-0.1, -0.05) is 24.2 Å². The maximum absolute atomic E-state index is 14.4. The smallest absolute Gasteiger partial charge is 0.247 e. The molecule has 33 heavy (non-hydrogen) atoms. The van der Waals surface area contributed by atoms with Gasteiger partial charge in [0.25, 0.3) is 0 Å². The third-order valence-electron chi connectivity index (χ3n) is 4.69. The number of hydrogen-bond donors (Lipinski definition) is 3. The highest BCUT2D eigenvalue weighted by atomic mass is 35.5. The first-order chi connectivity index (χ1) is 16.0. The van der Waals surface area contributed by atoms with Gasteiger partial charge in [-0.15, -0.1) is 0 Å². The largest absolute Gasteiger partial charge is 0.486 e. The minimum atomic E-state index is -0.637. The Bertz CT molecular complexity index is 1170. The minimum Gasteiger partial charge on any atom is -0.486 e. The van der Waals surface area contributed by atoms with Gasteiger partial charge in [-0.25, -0.2) is 9.37 Å². The fourth-order valence-electron chi connectivity index (χ4n) is 3.11. The molecule has 0 bridgehead atoms. The molecule has 3 N–H and O–H groups in total. The van der Waals surface area contributed by atoms with Crippen LogP contribution in [0.1, 0.15) is 6.42 Å². The number of anilines is 5. The minimum absolute atomic E-state index is 0.0340. The molecule has 3 aromatic rings. The summed E-state index contributed by atoms with van der Waals surface area (Å²) in [5, 5.41) is 9.04. The number of carbonyl (C=O) groups excluding carboxylic acids is 1. The Kier molecular flexibility index (Phi) is 7.01. The molecule has 4 rings (SSSR count). The summed E-state index contributed by atoms with van der Waals surface area (Å²) < 4.78 is 25.6. The molecule has 1 atom stereocenters. The molecule has 0 spiro atoms. The number of amides is 1. The standard InChI is InChI=1S/C23H21ClFN5O3/c1-2-21(31)27-14-4-3-5-15(10-14)28-22-19(25)12-26-23(30-22)29-16-6-7-18(24)20(11-16)33-17-8-9-32-13-17/h2-7,10-12,17H,1,8-9,13H2,(H,27,31)(H2,26,28,29,30). The zero-order valence-corrected chi connectivity index (χ0v) is 18.2. The molecule has 1 fully saturated rings. The predicted molar refractivity (Wildman–Crippen MR) is 125 cm³/mol. The van der Waals surface area contributed by atoms with Crippen LogP contribution >= 0.6 is 11.6 Å². The molecular weight excluding hydrogens is 449 g/mol. The quantitative estimate of drug-likeness (QED) is 0.397. The molecule has 8 nitrogen and oxygen atoms in total. The number of benzene rings is 2. The predicted octanol–water partition coefficient (Wildman–Crippen LogP) is 5.05. The van der Waals surface area contributed by atoms with Crippen molar-refractivity contribution in [2.45, 2.75) is 12.5 Å². The topological polar surface area (TPSA) is 97.4 Å². The van der Waals surface area contributed by atoms with Crippen LogP contribution in [0.2, 0.25) is 5.02 Å². The lowest BCUT2D eigenvalue weighted by molar-refractivity contribution is -0.111. The summed E-state index contributed by atoms with van der Waals surface area (Å²) in [6.07, 6.45) is 2.96. The fraction of sp³-hybridized carbons (Fsp3) is 0.174.